The number of H-pyrrole nitrogens is 1. The maximum Gasteiger partial charge on any atom is 0.267 e. The fraction of sp³-hybridized carbons (Fsp3) is 0.0500. The summed E-state index contributed by atoms with van der Waals surface area (Å²) in [6, 6.07) is 9.04. The van der Waals surface area contributed by atoms with Crippen LogP contribution in [0.25, 0.3) is 22.4 Å². The molecular formula is C20H14F2N4O2. The number of pyridine rings is 1. The number of carbonyl (C=O) groups is 1. The van der Waals surface area contributed by atoms with Crippen LogP contribution in [0, 0.1) is 11.6 Å². The number of halogens is 2. The number of aromatic amines is 1. The highest BCUT2D eigenvalue weighted by atomic mass is 19.2. The standard InChI is InChI=1S/C20H14F2N4O2/c21-16-3-1-2-14(18(16)22)15-11-28-26-19(15)13-8-17(24-10-13)20(27)25-9-12-4-6-23-7-5-12/h1-8,10-11,24H,9H2,(H,25,27). The average Bonchev–Trinajstić information content (AvgIpc) is 3.38. The SMILES string of the molecule is O=C(NCc1ccncc1)c1cc(-c2nocc2-c2cccc(F)c2F)c[nH]1. The minimum absolute atomic E-state index is 0.0288. The molecule has 0 spiro atoms. The average molecular weight is 380 g/mol. The topological polar surface area (TPSA) is 83.8 Å². The van der Waals surface area contributed by atoms with Gasteiger partial charge in [-0.2, -0.15) is 0 Å². The number of carbonyl (C=O) groups excluding carboxylic acids is 1. The predicted molar refractivity (Wildman–Crippen MR) is 97.0 cm³/mol. The van der Waals surface area contributed by atoms with Crippen molar-refractivity contribution in [3.8, 4) is 22.4 Å². The molecule has 3 heterocycles. The molecule has 0 aliphatic rings. The molecule has 0 fully saturated rings. The molecule has 0 aliphatic heterocycles. The van der Waals surface area contributed by atoms with Gasteiger partial charge in [0.1, 0.15) is 17.7 Å². The molecule has 0 saturated carbocycles. The Morgan fingerprint density at radius 3 is 2.79 bits per heavy atom. The lowest BCUT2D eigenvalue weighted by molar-refractivity contribution is 0.0946. The third kappa shape index (κ3) is 3.39. The Morgan fingerprint density at radius 2 is 1.96 bits per heavy atom. The summed E-state index contributed by atoms with van der Waals surface area (Å²) in [6.07, 6.45) is 6.08. The highest BCUT2D eigenvalue weighted by molar-refractivity contribution is 5.94. The van der Waals surface area contributed by atoms with Gasteiger partial charge in [0.2, 0.25) is 0 Å². The van der Waals surface area contributed by atoms with Crippen LogP contribution < -0.4 is 5.32 Å². The summed E-state index contributed by atoms with van der Waals surface area (Å²) in [5.41, 5.74) is 2.35. The van der Waals surface area contributed by atoms with Crippen LogP contribution in [-0.4, -0.2) is 21.0 Å². The van der Waals surface area contributed by atoms with E-state index in [-0.39, 0.29) is 11.5 Å². The molecule has 0 unspecified atom stereocenters. The summed E-state index contributed by atoms with van der Waals surface area (Å²) in [7, 11) is 0. The number of hydrogen-bond donors (Lipinski definition) is 2. The molecule has 4 aromatic rings. The lowest BCUT2D eigenvalue weighted by Gasteiger charge is -2.03. The molecule has 140 valence electrons. The summed E-state index contributed by atoms with van der Waals surface area (Å²) < 4.78 is 32.7. The van der Waals surface area contributed by atoms with Crippen LogP contribution in [-0.2, 0) is 6.54 Å². The number of rotatable bonds is 5. The van der Waals surface area contributed by atoms with Crippen LogP contribution in [0.15, 0.2) is 65.8 Å². The van der Waals surface area contributed by atoms with Gasteiger partial charge in [-0.1, -0.05) is 17.3 Å². The minimum atomic E-state index is -0.988. The zero-order valence-corrected chi connectivity index (χ0v) is 14.4. The third-order valence-electron chi connectivity index (χ3n) is 4.21. The van der Waals surface area contributed by atoms with Crippen LogP contribution in [0.4, 0.5) is 8.78 Å². The first-order valence-corrected chi connectivity index (χ1v) is 8.38. The zero-order chi connectivity index (χ0) is 19.5. The molecule has 8 heteroatoms. The summed E-state index contributed by atoms with van der Waals surface area (Å²) in [5.74, 6) is -2.27. The Bertz CT molecular complexity index is 1120. The van der Waals surface area contributed by atoms with Gasteiger partial charge in [0, 0.05) is 36.3 Å². The van der Waals surface area contributed by atoms with E-state index in [4.69, 9.17) is 4.52 Å². The van der Waals surface area contributed by atoms with Crippen molar-refractivity contribution in [2.75, 3.05) is 0 Å². The number of nitrogens with zero attached hydrogens (tertiary/aromatic N) is 2. The molecule has 0 atom stereocenters. The summed E-state index contributed by atoms with van der Waals surface area (Å²) in [4.78, 5) is 19.1. The first-order valence-electron chi connectivity index (χ1n) is 8.38. The Morgan fingerprint density at radius 1 is 1.14 bits per heavy atom. The van der Waals surface area contributed by atoms with Crippen molar-refractivity contribution in [3.05, 3.63) is 84.1 Å². The summed E-state index contributed by atoms with van der Waals surface area (Å²) in [5, 5.41) is 6.66. The Hall–Kier alpha value is -3.81. The van der Waals surface area contributed by atoms with E-state index < -0.39 is 11.6 Å². The van der Waals surface area contributed by atoms with Crippen molar-refractivity contribution in [3.63, 3.8) is 0 Å². The fourth-order valence-corrected chi connectivity index (χ4v) is 2.79. The van der Waals surface area contributed by atoms with E-state index in [2.05, 4.69) is 20.4 Å². The van der Waals surface area contributed by atoms with Crippen molar-refractivity contribution in [2.24, 2.45) is 0 Å². The maximum atomic E-state index is 14.1. The number of benzene rings is 1. The molecule has 4 rings (SSSR count). The monoisotopic (exact) mass is 380 g/mol. The smallest absolute Gasteiger partial charge is 0.267 e. The predicted octanol–water partition coefficient (Wildman–Crippen LogP) is 3.94. The molecular weight excluding hydrogens is 366 g/mol. The first kappa shape index (κ1) is 17.6. The van der Waals surface area contributed by atoms with Crippen molar-refractivity contribution >= 4 is 5.91 Å². The van der Waals surface area contributed by atoms with E-state index in [1.54, 1.807) is 36.8 Å². The summed E-state index contributed by atoms with van der Waals surface area (Å²) in [6.45, 7) is 0.347. The number of nitrogens with one attached hydrogen (secondary N) is 2. The van der Waals surface area contributed by atoms with Gasteiger partial charge in [0.25, 0.3) is 5.91 Å². The highest BCUT2D eigenvalue weighted by Crippen LogP contribution is 2.33. The molecule has 1 amide bonds. The molecule has 3 aromatic heterocycles. The van der Waals surface area contributed by atoms with E-state index in [1.807, 2.05) is 0 Å². The van der Waals surface area contributed by atoms with Crippen LogP contribution in [0.3, 0.4) is 0 Å². The van der Waals surface area contributed by atoms with Crippen molar-refractivity contribution in [2.45, 2.75) is 6.54 Å². The molecule has 6 nitrogen and oxygen atoms in total. The van der Waals surface area contributed by atoms with Gasteiger partial charge < -0.3 is 14.8 Å². The molecule has 0 saturated heterocycles. The van der Waals surface area contributed by atoms with Crippen LogP contribution in [0.2, 0.25) is 0 Å². The zero-order valence-electron chi connectivity index (χ0n) is 14.4. The van der Waals surface area contributed by atoms with Gasteiger partial charge in [-0.3, -0.25) is 9.78 Å². The number of hydrogen-bond acceptors (Lipinski definition) is 4. The van der Waals surface area contributed by atoms with Crippen molar-refractivity contribution in [1.29, 1.82) is 0 Å². The highest BCUT2D eigenvalue weighted by Gasteiger charge is 2.19. The largest absolute Gasteiger partial charge is 0.363 e. The second-order valence-electron chi connectivity index (χ2n) is 6.02. The van der Waals surface area contributed by atoms with Crippen molar-refractivity contribution in [1.82, 2.24) is 20.4 Å². The molecule has 0 aliphatic carbocycles. The first-order chi connectivity index (χ1) is 13.6. The van der Waals surface area contributed by atoms with Gasteiger partial charge in [0.05, 0.1) is 5.56 Å². The normalized spacial score (nSPS) is 10.8. The van der Waals surface area contributed by atoms with E-state index in [0.29, 0.717) is 29.1 Å². The Labute approximate surface area is 158 Å². The van der Waals surface area contributed by atoms with Crippen molar-refractivity contribution < 1.29 is 18.1 Å². The molecule has 0 radical (unpaired) electrons. The molecule has 28 heavy (non-hydrogen) atoms. The molecule has 2 N–H and O–H groups in total. The minimum Gasteiger partial charge on any atom is -0.363 e. The third-order valence-corrected chi connectivity index (χ3v) is 4.21. The fourth-order valence-electron chi connectivity index (χ4n) is 2.79. The van der Waals surface area contributed by atoms with Gasteiger partial charge >= 0.3 is 0 Å². The lowest BCUT2D eigenvalue weighted by Crippen LogP contribution is -2.22. The lowest BCUT2D eigenvalue weighted by atomic mass is 10.0. The second kappa shape index (κ2) is 7.43. The number of aromatic nitrogens is 3. The van der Waals surface area contributed by atoms with E-state index in [0.717, 1.165) is 11.6 Å². The van der Waals surface area contributed by atoms with E-state index in [1.165, 1.54) is 18.4 Å². The Kier molecular flexibility index (Phi) is 4.67. The van der Waals surface area contributed by atoms with Gasteiger partial charge in [-0.05, 0) is 29.8 Å². The van der Waals surface area contributed by atoms with E-state index in [9.17, 15) is 13.6 Å². The molecule has 0 bridgehead atoms. The van der Waals surface area contributed by atoms with E-state index >= 15 is 0 Å². The van der Waals surface area contributed by atoms with Crippen LogP contribution in [0.1, 0.15) is 16.1 Å². The van der Waals surface area contributed by atoms with Gasteiger partial charge in [-0.15, -0.1) is 0 Å². The van der Waals surface area contributed by atoms with Gasteiger partial charge in [0.15, 0.2) is 11.6 Å². The number of amides is 1. The second-order valence-corrected chi connectivity index (χ2v) is 6.02. The maximum absolute atomic E-state index is 14.1. The van der Waals surface area contributed by atoms with Crippen LogP contribution in [0.5, 0.6) is 0 Å². The summed E-state index contributed by atoms with van der Waals surface area (Å²) >= 11 is 0. The van der Waals surface area contributed by atoms with Gasteiger partial charge in [-0.25, -0.2) is 8.78 Å². The van der Waals surface area contributed by atoms with Crippen LogP contribution >= 0.6 is 0 Å². The quantitative estimate of drug-likeness (QED) is 0.549. The Balaban J connectivity index is 1.56. The molecule has 1 aromatic carbocycles.